The lowest BCUT2D eigenvalue weighted by molar-refractivity contribution is 1.52. The van der Waals surface area contributed by atoms with Gasteiger partial charge in [0.05, 0.1) is 0 Å². The van der Waals surface area contributed by atoms with Gasteiger partial charge in [0.1, 0.15) is 0 Å². The van der Waals surface area contributed by atoms with Gasteiger partial charge in [0, 0.05) is 0 Å². The van der Waals surface area contributed by atoms with E-state index in [0.717, 1.165) is 17.2 Å². The number of hydrogen-bond donors (Lipinski definition) is 0. The number of rotatable bonds is 7. The molecule has 0 aromatic heterocycles. The van der Waals surface area contributed by atoms with Crippen LogP contribution in [0, 0.1) is 0 Å². The molecule has 0 fully saturated rings. The minimum Gasteiger partial charge on any atom is -0.171 e. The maximum atomic E-state index is 5.96. The predicted octanol–water partition coefficient (Wildman–Crippen LogP) is 6.35. The van der Waals surface area contributed by atoms with Crippen LogP contribution in [0.15, 0.2) is 73.3 Å². The van der Waals surface area contributed by atoms with Gasteiger partial charge in [0.15, 0.2) is 8.83 Å². The van der Waals surface area contributed by atoms with Crippen molar-refractivity contribution in [2.24, 2.45) is 0 Å². The van der Waals surface area contributed by atoms with E-state index in [9.17, 15) is 0 Å². The molecular formula is C21H19ClSi. The van der Waals surface area contributed by atoms with Crippen molar-refractivity contribution >= 4 is 44.2 Å². The Bertz CT molecular complexity index is 707. The fraction of sp³-hybridized carbons (Fsp3) is 0.0476. The third kappa shape index (κ3) is 5.55. The first-order chi connectivity index (χ1) is 11.2. The van der Waals surface area contributed by atoms with E-state index in [-0.39, 0.29) is 0 Å². The Balaban J connectivity index is 2.18. The molecule has 0 amide bonds. The summed E-state index contributed by atoms with van der Waals surface area (Å²) in [6.45, 7) is 7.55. The fourth-order valence-corrected chi connectivity index (χ4v) is 2.96. The molecule has 0 saturated carbocycles. The van der Waals surface area contributed by atoms with Crippen LogP contribution >= 0.6 is 11.1 Å². The van der Waals surface area contributed by atoms with Crippen LogP contribution in [-0.4, -0.2) is 8.83 Å². The van der Waals surface area contributed by atoms with E-state index >= 15 is 0 Å². The van der Waals surface area contributed by atoms with Gasteiger partial charge in [0.25, 0.3) is 0 Å². The molecule has 0 nitrogen and oxygen atoms in total. The van der Waals surface area contributed by atoms with E-state index in [1.54, 1.807) is 0 Å². The molecule has 114 valence electrons. The van der Waals surface area contributed by atoms with Gasteiger partial charge in [0.2, 0.25) is 0 Å². The Morgan fingerprint density at radius 1 is 0.826 bits per heavy atom. The van der Waals surface area contributed by atoms with E-state index in [4.69, 9.17) is 11.1 Å². The van der Waals surface area contributed by atoms with Gasteiger partial charge in [-0.2, -0.15) is 11.1 Å². The molecule has 0 heterocycles. The lowest BCUT2D eigenvalue weighted by atomic mass is 10.1. The summed E-state index contributed by atoms with van der Waals surface area (Å²) in [5.74, 6) is 0. The molecule has 2 aromatic rings. The molecule has 2 rings (SSSR count). The Hall–Kier alpha value is -2.09. The lowest BCUT2D eigenvalue weighted by Gasteiger charge is -2.01. The molecular weight excluding hydrogens is 316 g/mol. The van der Waals surface area contributed by atoms with Crippen molar-refractivity contribution in [1.82, 2.24) is 0 Å². The van der Waals surface area contributed by atoms with Crippen LogP contribution in [0.4, 0.5) is 0 Å². The largest absolute Gasteiger partial charge is 0.176 e. The van der Waals surface area contributed by atoms with Gasteiger partial charge >= 0.3 is 0 Å². The van der Waals surface area contributed by atoms with Gasteiger partial charge in [-0.15, -0.1) is 0 Å². The van der Waals surface area contributed by atoms with Crippen molar-refractivity contribution < 1.29 is 0 Å². The number of hydrogen-bond acceptors (Lipinski definition) is 0. The number of halogens is 1. The summed E-state index contributed by atoms with van der Waals surface area (Å²) in [6.07, 6.45) is 10.1. The first-order valence-electron chi connectivity index (χ1n) is 7.42. The molecule has 0 aliphatic carbocycles. The third-order valence-corrected chi connectivity index (χ3v) is 4.40. The molecule has 2 heteroatoms. The Morgan fingerprint density at radius 3 is 1.78 bits per heavy atom. The van der Waals surface area contributed by atoms with Gasteiger partial charge in [-0.25, -0.2) is 0 Å². The standard InChI is InChI=1S/C21H19ClSi/c1-3-17-5-9-19(10-6-17)11-14-21(16-23-22)15-20-12-7-18(4-2)8-13-20/h3-15H,1-2,16H2. The Morgan fingerprint density at radius 2 is 1.30 bits per heavy atom. The normalized spacial score (nSPS) is 11.6. The first-order valence-corrected chi connectivity index (χ1v) is 9.64. The summed E-state index contributed by atoms with van der Waals surface area (Å²) < 4.78 is 0. The van der Waals surface area contributed by atoms with E-state index in [1.165, 1.54) is 16.7 Å². The topological polar surface area (TPSA) is 0 Å². The average molecular weight is 335 g/mol. The van der Waals surface area contributed by atoms with E-state index in [2.05, 4.69) is 79.9 Å². The molecule has 0 unspecified atom stereocenters. The lowest BCUT2D eigenvalue weighted by Crippen LogP contribution is -1.84. The van der Waals surface area contributed by atoms with Crippen molar-refractivity contribution in [1.29, 1.82) is 0 Å². The van der Waals surface area contributed by atoms with Gasteiger partial charge in [-0.05, 0) is 33.9 Å². The maximum absolute atomic E-state index is 5.96. The van der Waals surface area contributed by atoms with Crippen LogP contribution in [0.5, 0.6) is 0 Å². The molecule has 0 spiro atoms. The molecule has 0 aliphatic heterocycles. The van der Waals surface area contributed by atoms with Crippen LogP contribution in [0.3, 0.4) is 0 Å². The third-order valence-electron chi connectivity index (χ3n) is 3.46. The molecule has 2 aromatic carbocycles. The van der Waals surface area contributed by atoms with Crippen LogP contribution in [0.2, 0.25) is 6.04 Å². The SMILES string of the molecule is C=Cc1ccc(C=CC(=Cc2ccc(C=C)cc2)C[Si]Cl)cc1. The van der Waals surface area contributed by atoms with Crippen LogP contribution in [-0.2, 0) is 0 Å². The number of allylic oxidation sites excluding steroid dienone is 2. The first kappa shape index (κ1) is 17.3. The van der Waals surface area contributed by atoms with Crippen LogP contribution < -0.4 is 0 Å². The monoisotopic (exact) mass is 334 g/mol. The second kappa shape index (κ2) is 9.14. The minimum absolute atomic E-state index is 0.376. The predicted molar refractivity (Wildman–Crippen MR) is 106 cm³/mol. The summed E-state index contributed by atoms with van der Waals surface area (Å²) in [5.41, 5.74) is 5.81. The smallest absolute Gasteiger partial charge is 0.171 e. The quantitative estimate of drug-likeness (QED) is 0.314. The molecule has 0 saturated heterocycles. The Labute approximate surface area is 146 Å². The minimum atomic E-state index is 0.376. The summed E-state index contributed by atoms with van der Waals surface area (Å²) in [4.78, 5) is 0. The van der Waals surface area contributed by atoms with Crippen molar-refractivity contribution in [3.05, 3.63) is 95.6 Å². The Kier molecular flexibility index (Phi) is 6.86. The molecule has 0 bridgehead atoms. The zero-order valence-electron chi connectivity index (χ0n) is 13.0. The van der Waals surface area contributed by atoms with Gasteiger partial charge < -0.3 is 0 Å². The van der Waals surface area contributed by atoms with Crippen molar-refractivity contribution in [3.63, 3.8) is 0 Å². The molecule has 0 aliphatic rings. The van der Waals surface area contributed by atoms with Gasteiger partial charge in [-0.3, -0.25) is 0 Å². The second-order valence-electron chi connectivity index (χ2n) is 5.10. The molecule has 0 N–H and O–H groups in total. The highest BCUT2D eigenvalue weighted by molar-refractivity contribution is 6.94. The fourth-order valence-electron chi connectivity index (χ4n) is 2.12. The van der Waals surface area contributed by atoms with E-state index < -0.39 is 0 Å². The van der Waals surface area contributed by atoms with Crippen LogP contribution in [0.25, 0.3) is 24.3 Å². The van der Waals surface area contributed by atoms with E-state index in [0.29, 0.717) is 8.83 Å². The zero-order chi connectivity index (χ0) is 16.5. The highest BCUT2D eigenvalue weighted by Crippen LogP contribution is 2.16. The molecule has 0 atom stereocenters. The van der Waals surface area contributed by atoms with Crippen molar-refractivity contribution in [2.75, 3.05) is 0 Å². The summed E-state index contributed by atoms with van der Waals surface area (Å²) >= 11 is 5.96. The van der Waals surface area contributed by atoms with E-state index in [1.807, 2.05) is 12.2 Å². The zero-order valence-corrected chi connectivity index (χ0v) is 14.8. The van der Waals surface area contributed by atoms with Gasteiger partial charge in [-0.1, -0.05) is 92.1 Å². The highest BCUT2D eigenvalue weighted by atomic mass is 35.6. The summed E-state index contributed by atoms with van der Waals surface area (Å²) in [5, 5.41) is 0. The molecule has 2 radical (unpaired) electrons. The molecule has 23 heavy (non-hydrogen) atoms. The highest BCUT2D eigenvalue weighted by Gasteiger charge is 1.96. The second-order valence-corrected chi connectivity index (χ2v) is 6.53. The number of benzene rings is 2. The van der Waals surface area contributed by atoms with Crippen molar-refractivity contribution in [2.45, 2.75) is 6.04 Å². The summed E-state index contributed by atoms with van der Waals surface area (Å²) in [6, 6.07) is 17.5. The average Bonchev–Trinajstić information content (AvgIpc) is 2.61. The summed E-state index contributed by atoms with van der Waals surface area (Å²) in [7, 11) is 0.376. The maximum Gasteiger partial charge on any atom is 0.176 e. The van der Waals surface area contributed by atoms with Crippen LogP contribution in [0.1, 0.15) is 22.3 Å². The van der Waals surface area contributed by atoms with Crippen molar-refractivity contribution in [3.8, 4) is 0 Å².